The molecule has 0 saturated carbocycles. The first kappa shape index (κ1) is 24.2. The number of ether oxygens (including phenoxy) is 2. The Kier molecular flexibility index (Phi) is 7.92. The van der Waals surface area contributed by atoms with Crippen molar-refractivity contribution >= 4 is 62.2 Å². The number of hydrogen-bond acceptors (Lipinski definition) is 6. The van der Waals surface area contributed by atoms with Gasteiger partial charge in [0.2, 0.25) is 0 Å². The van der Waals surface area contributed by atoms with Gasteiger partial charge in [0.05, 0.1) is 33.8 Å². The minimum absolute atomic E-state index is 0.162. The Morgan fingerprint density at radius 3 is 2.56 bits per heavy atom. The molecule has 0 aliphatic carbocycles. The molecule has 0 N–H and O–H groups in total. The van der Waals surface area contributed by atoms with E-state index in [1.165, 1.54) is 10.9 Å². The number of hydrogen-bond donors (Lipinski definition) is 0. The minimum Gasteiger partial charge on any atom is -0.476 e. The number of halogens is 3. The fourth-order valence-electron chi connectivity index (χ4n) is 2.92. The highest BCUT2D eigenvalue weighted by Crippen LogP contribution is 2.34. The Hall–Kier alpha value is -2.42. The maximum atomic E-state index is 13.0. The molecule has 0 unspecified atom stereocenters. The van der Waals surface area contributed by atoms with Crippen LogP contribution < -0.4 is 10.3 Å². The summed E-state index contributed by atoms with van der Waals surface area (Å²) in [6.07, 6.45) is 1.10. The molecule has 0 aliphatic rings. The Labute approximate surface area is 203 Å². The number of aryl methyl sites for hydroxylation is 1. The second-order valence-electron chi connectivity index (χ2n) is 6.73. The number of carbonyl (C=O) groups excluding carboxylic acids is 1. The Morgan fingerprint density at radius 2 is 1.94 bits per heavy atom. The molecule has 3 rings (SSSR count). The van der Waals surface area contributed by atoms with Gasteiger partial charge >= 0.3 is 5.97 Å². The molecule has 10 heteroatoms. The second kappa shape index (κ2) is 10.5. The fraction of sp³-hybridized carbons (Fsp3) is 0.273. The first-order chi connectivity index (χ1) is 15.2. The van der Waals surface area contributed by atoms with Crippen LogP contribution in [0.2, 0.25) is 10.0 Å². The van der Waals surface area contributed by atoms with Crippen LogP contribution in [0.4, 0.5) is 0 Å². The summed E-state index contributed by atoms with van der Waals surface area (Å²) < 4.78 is 12.5. The third kappa shape index (κ3) is 5.31. The van der Waals surface area contributed by atoms with E-state index in [0.717, 1.165) is 4.47 Å². The summed E-state index contributed by atoms with van der Waals surface area (Å²) in [6.45, 7) is 5.38. The van der Waals surface area contributed by atoms with Gasteiger partial charge in [-0.05, 0) is 49.7 Å². The molecule has 3 aromatic rings. The molecule has 0 amide bonds. The monoisotopic (exact) mass is 539 g/mol. The standard InChI is InChI=1S/C22H20BrCl2N3O4/c1-4-19-27-18-7-6-14(23)10-15(18)21(29)28(19)26-11-13-8-16(24)20(17(25)9-13)32-12(3)22(30)31-5-2/h6-12H,4-5H2,1-3H3/t12-/m1/s1. The fourth-order valence-corrected chi connectivity index (χ4v) is 3.87. The van der Waals surface area contributed by atoms with Gasteiger partial charge in [-0.2, -0.15) is 9.78 Å². The molecule has 0 saturated heterocycles. The summed E-state index contributed by atoms with van der Waals surface area (Å²) in [5.41, 5.74) is 0.856. The summed E-state index contributed by atoms with van der Waals surface area (Å²) in [4.78, 5) is 29.3. The maximum absolute atomic E-state index is 13.0. The van der Waals surface area contributed by atoms with Crippen LogP contribution in [0.1, 0.15) is 32.2 Å². The summed E-state index contributed by atoms with van der Waals surface area (Å²) in [7, 11) is 0. The Bertz CT molecular complexity index is 1240. The predicted molar refractivity (Wildman–Crippen MR) is 129 cm³/mol. The Morgan fingerprint density at radius 1 is 1.25 bits per heavy atom. The minimum atomic E-state index is -0.877. The molecule has 1 aromatic heterocycles. The molecule has 0 bridgehead atoms. The van der Waals surface area contributed by atoms with Crippen LogP contribution in [0.3, 0.4) is 0 Å². The molecular weight excluding hydrogens is 521 g/mol. The van der Waals surface area contributed by atoms with Crippen molar-refractivity contribution in [2.24, 2.45) is 5.10 Å². The van der Waals surface area contributed by atoms with Gasteiger partial charge in [0.25, 0.3) is 5.56 Å². The molecule has 0 aliphatic heterocycles. The van der Waals surface area contributed by atoms with Crippen LogP contribution in [0, 0.1) is 0 Å². The van der Waals surface area contributed by atoms with E-state index in [-0.39, 0.29) is 28.0 Å². The zero-order chi connectivity index (χ0) is 23.4. The molecular formula is C22H20BrCl2N3O4. The normalized spacial score (nSPS) is 12.3. The predicted octanol–water partition coefficient (Wildman–Crippen LogP) is 5.24. The van der Waals surface area contributed by atoms with Crippen molar-refractivity contribution < 1.29 is 14.3 Å². The summed E-state index contributed by atoms with van der Waals surface area (Å²) in [6, 6.07) is 8.47. The van der Waals surface area contributed by atoms with Crippen molar-refractivity contribution in [2.75, 3.05) is 6.61 Å². The van der Waals surface area contributed by atoms with Crippen LogP contribution in [0.25, 0.3) is 10.9 Å². The van der Waals surface area contributed by atoms with Gasteiger partial charge < -0.3 is 9.47 Å². The van der Waals surface area contributed by atoms with Crippen LogP contribution in [-0.2, 0) is 16.0 Å². The van der Waals surface area contributed by atoms with Crippen LogP contribution in [-0.4, -0.2) is 34.6 Å². The highest BCUT2D eigenvalue weighted by atomic mass is 79.9. The molecule has 1 atom stereocenters. The number of fused-ring (bicyclic) bond motifs is 1. The lowest BCUT2D eigenvalue weighted by molar-refractivity contribution is -0.150. The quantitative estimate of drug-likeness (QED) is 0.302. The highest BCUT2D eigenvalue weighted by Gasteiger charge is 2.19. The molecule has 32 heavy (non-hydrogen) atoms. The average molecular weight is 541 g/mol. The van der Waals surface area contributed by atoms with Crippen molar-refractivity contribution in [3.63, 3.8) is 0 Å². The van der Waals surface area contributed by atoms with Crippen molar-refractivity contribution in [1.29, 1.82) is 0 Å². The number of carbonyl (C=O) groups is 1. The van der Waals surface area contributed by atoms with Gasteiger partial charge in [0, 0.05) is 10.9 Å². The lowest BCUT2D eigenvalue weighted by Crippen LogP contribution is -2.26. The molecule has 168 valence electrons. The van der Waals surface area contributed by atoms with E-state index in [2.05, 4.69) is 26.0 Å². The van der Waals surface area contributed by atoms with Crippen LogP contribution in [0.5, 0.6) is 5.75 Å². The van der Waals surface area contributed by atoms with E-state index in [0.29, 0.717) is 28.7 Å². The van der Waals surface area contributed by atoms with Crippen molar-refractivity contribution in [2.45, 2.75) is 33.3 Å². The van der Waals surface area contributed by atoms with E-state index < -0.39 is 12.1 Å². The largest absolute Gasteiger partial charge is 0.476 e. The highest BCUT2D eigenvalue weighted by molar-refractivity contribution is 9.10. The third-order valence-electron chi connectivity index (χ3n) is 4.45. The first-order valence-electron chi connectivity index (χ1n) is 9.83. The maximum Gasteiger partial charge on any atom is 0.347 e. The topological polar surface area (TPSA) is 82.8 Å². The average Bonchev–Trinajstić information content (AvgIpc) is 2.75. The molecule has 0 radical (unpaired) electrons. The zero-order valence-corrected chi connectivity index (χ0v) is 20.7. The van der Waals surface area contributed by atoms with E-state index in [4.69, 9.17) is 32.7 Å². The van der Waals surface area contributed by atoms with Crippen LogP contribution >= 0.6 is 39.1 Å². The van der Waals surface area contributed by atoms with Crippen LogP contribution in [0.15, 0.2) is 44.7 Å². The number of rotatable bonds is 7. The van der Waals surface area contributed by atoms with Crippen molar-refractivity contribution in [3.05, 3.63) is 66.6 Å². The lowest BCUT2D eigenvalue weighted by Gasteiger charge is -2.16. The van der Waals surface area contributed by atoms with E-state index >= 15 is 0 Å². The summed E-state index contributed by atoms with van der Waals surface area (Å²) in [5, 5.41) is 5.15. The number of benzene rings is 2. The second-order valence-corrected chi connectivity index (χ2v) is 8.46. The van der Waals surface area contributed by atoms with Gasteiger partial charge in [-0.3, -0.25) is 4.79 Å². The molecule has 0 spiro atoms. The number of nitrogens with zero attached hydrogens (tertiary/aromatic N) is 3. The lowest BCUT2D eigenvalue weighted by atomic mass is 10.2. The van der Waals surface area contributed by atoms with E-state index in [9.17, 15) is 9.59 Å². The number of esters is 1. The molecule has 0 fully saturated rings. The summed E-state index contributed by atoms with van der Waals surface area (Å²) >= 11 is 16.0. The van der Waals surface area contributed by atoms with Gasteiger partial charge in [0.15, 0.2) is 11.9 Å². The number of aromatic nitrogens is 2. The van der Waals surface area contributed by atoms with Gasteiger partial charge in [0.1, 0.15) is 5.82 Å². The van der Waals surface area contributed by atoms with Gasteiger partial charge in [-0.15, -0.1) is 0 Å². The molecule has 1 heterocycles. The smallest absolute Gasteiger partial charge is 0.347 e. The molecule has 2 aromatic carbocycles. The van der Waals surface area contributed by atoms with E-state index in [1.54, 1.807) is 38.1 Å². The van der Waals surface area contributed by atoms with E-state index in [1.807, 2.05) is 13.0 Å². The zero-order valence-electron chi connectivity index (χ0n) is 17.6. The SMILES string of the molecule is CCOC(=O)[C@@H](C)Oc1c(Cl)cc(C=Nn2c(CC)nc3ccc(Br)cc3c2=O)cc1Cl. The third-order valence-corrected chi connectivity index (χ3v) is 5.50. The van der Waals surface area contributed by atoms with Gasteiger partial charge in [-0.25, -0.2) is 9.78 Å². The Balaban J connectivity index is 1.95. The van der Waals surface area contributed by atoms with Crippen molar-refractivity contribution in [3.8, 4) is 5.75 Å². The summed E-state index contributed by atoms with van der Waals surface area (Å²) in [5.74, 6) is 0.156. The first-order valence-corrected chi connectivity index (χ1v) is 11.4. The van der Waals surface area contributed by atoms with Gasteiger partial charge in [-0.1, -0.05) is 46.1 Å². The molecule has 7 nitrogen and oxygen atoms in total. The van der Waals surface area contributed by atoms with Crippen molar-refractivity contribution in [1.82, 2.24) is 9.66 Å².